The van der Waals surface area contributed by atoms with E-state index in [1.54, 1.807) is 4.90 Å². The monoisotopic (exact) mass is 365 g/mol. The Kier molecular flexibility index (Phi) is 6.35. The van der Waals surface area contributed by atoms with Gasteiger partial charge < -0.3 is 10.2 Å². The molecule has 0 aromatic heterocycles. The van der Waals surface area contributed by atoms with E-state index in [0.717, 1.165) is 24.2 Å². The van der Waals surface area contributed by atoms with Crippen molar-refractivity contribution >= 4 is 17.8 Å². The summed E-state index contributed by atoms with van der Waals surface area (Å²) < 4.78 is 0. The fraction of sp³-hybridized carbons (Fsp3) is 0.850. The van der Waals surface area contributed by atoms with E-state index in [9.17, 15) is 14.4 Å². The summed E-state index contributed by atoms with van der Waals surface area (Å²) in [5, 5.41) is 2.96. The average Bonchev–Trinajstić information content (AvgIpc) is 2.77. The molecular weight excluding hydrogens is 330 g/mol. The molecule has 1 aliphatic heterocycles. The molecule has 6 heteroatoms. The Bertz CT molecular complexity index is 539. The summed E-state index contributed by atoms with van der Waals surface area (Å²) in [4.78, 5) is 41.5. The average molecular weight is 366 g/mol. The van der Waals surface area contributed by atoms with Crippen molar-refractivity contribution in [3.63, 3.8) is 0 Å². The highest BCUT2D eigenvalue weighted by Gasteiger charge is 2.58. The molecule has 148 valence electrons. The Morgan fingerprint density at radius 2 is 1.62 bits per heavy atom. The zero-order valence-electron chi connectivity index (χ0n) is 17.2. The zero-order chi connectivity index (χ0) is 19.6. The Labute approximate surface area is 157 Å². The maximum absolute atomic E-state index is 13.2. The quantitative estimate of drug-likeness (QED) is 0.736. The Hall–Kier alpha value is -1.59. The third-order valence-corrected chi connectivity index (χ3v) is 5.80. The molecule has 0 radical (unpaired) electrons. The molecule has 0 aromatic rings. The van der Waals surface area contributed by atoms with Gasteiger partial charge in [0, 0.05) is 13.1 Å². The summed E-state index contributed by atoms with van der Waals surface area (Å²) in [5.74, 6) is 0.486. The van der Waals surface area contributed by atoms with Crippen molar-refractivity contribution in [2.75, 3.05) is 19.6 Å². The predicted octanol–water partition coefficient (Wildman–Crippen LogP) is 2.87. The molecule has 1 spiro atoms. The number of amides is 4. The lowest BCUT2D eigenvalue weighted by Crippen LogP contribution is -2.59. The molecule has 1 saturated carbocycles. The first kappa shape index (κ1) is 20.7. The Morgan fingerprint density at radius 1 is 1.12 bits per heavy atom. The largest absolute Gasteiger partial charge is 0.341 e. The minimum Gasteiger partial charge on any atom is -0.341 e. The molecule has 1 N–H and O–H groups in total. The van der Waals surface area contributed by atoms with Crippen molar-refractivity contribution in [1.82, 2.24) is 15.1 Å². The first-order valence-corrected chi connectivity index (χ1v) is 10.0. The molecule has 2 fully saturated rings. The summed E-state index contributed by atoms with van der Waals surface area (Å²) in [5.41, 5.74) is -0.837. The zero-order valence-corrected chi connectivity index (χ0v) is 17.2. The fourth-order valence-corrected chi connectivity index (χ4v) is 4.49. The van der Waals surface area contributed by atoms with Crippen LogP contribution in [-0.4, -0.2) is 52.8 Å². The lowest BCUT2D eigenvalue weighted by molar-refractivity contribution is -0.142. The molecule has 0 aromatic carbocycles. The summed E-state index contributed by atoms with van der Waals surface area (Å²) in [6, 6.07) is -0.419. The number of imide groups is 1. The van der Waals surface area contributed by atoms with Gasteiger partial charge in [-0.05, 0) is 36.5 Å². The summed E-state index contributed by atoms with van der Waals surface area (Å²) in [6.45, 7) is 13.4. The van der Waals surface area contributed by atoms with Crippen molar-refractivity contribution < 1.29 is 14.4 Å². The van der Waals surface area contributed by atoms with Crippen molar-refractivity contribution in [3.05, 3.63) is 0 Å². The fourth-order valence-electron chi connectivity index (χ4n) is 4.49. The van der Waals surface area contributed by atoms with Crippen LogP contribution in [0.5, 0.6) is 0 Å². The molecule has 0 bridgehead atoms. The number of nitrogens with one attached hydrogen (secondary N) is 1. The van der Waals surface area contributed by atoms with Crippen LogP contribution in [0.4, 0.5) is 4.79 Å². The standard InChI is InChI=1S/C20H35N3O3/c1-13(2)10-22(11-14(3)4)17(24)12-23-18(25)20(21-19(23)26)15(5)8-7-9-16(20)6/h13-16H,7-12H2,1-6H3,(H,21,26). The van der Waals surface area contributed by atoms with Crippen LogP contribution in [0, 0.1) is 23.7 Å². The summed E-state index contributed by atoms with van der Waals surface area (Å²) in [6.07, 6.45) is 2.92. The Morgan fingerprint density at radius 3 is 2.08 bits per heavy atom. The second-order valence-electron chi connectivity index (χ2n) is 9.01. The van der Waals surface area contributed by atoms with E-state index in [0.29, 0.717) is 24.9 Å². The minimum atomic E-state index is -0.837. The highest BCUT2D eigenvalue weighted by Crippen LogP contribution is 2.42. The SMILES string of the molecule is CC(C)CN(CC(C)C)C(=O)CN1C(=O)NC2(C1=O)C(C)CCCC2C. The molecule has 2 aliphatic rings. The van der Waals surface area contributed by atoms with Gasteiger partial charge in [-0.25, -0.2) is 4.79 Å². The van der Waals surface area contributed by atoms with Crippen LogP contribution in [0.1, 0.15) is 60.8 Å². The van der Waals surface area contributed by atoms with Crippen LogP contribution in [-0.2, 0) is 9.59 Å². The maximum atomic E-state index is 13.2. The molecular formula is C20H35N3O3. The molecule has 1 aliphatic carbocycles. The number of hydrogen-bond donors (Lipinski definition) is 1. The van der Waals surface area contributed by atoms with Gasteiger partial charge in [0.05, 0.1) is 0 Å². The van der Waals surface area contributed by atoms with E-state index < -0.39 is 11.6 Å². The van der Waals surface area contributed by atoms with E-state index in [2.05, 4.69) is 33.0 Å². The van der Waals surface area contributed by atoms with Gasteiger partial charge in [-0.15, -0.1) is 0 Å². The molecule has 2 rings (SSSR count). The van der Waals surface area contributed by atoms with Gasteiger partial charge in [0.1, 0.15) is 12.1 Å². The van der Waals surface area contributed by atoms with Gasteiger partial charge in [-0.3, -0.25) is 14.5 Å². The second-order valence-corrected chi connectivity index (χ2v) is 9.01. The first-order chi connectivity index (χ1) is 12.1. The summed E-state index contributed by atoms with van der Waals surface area (Å²) in [7, 11) is 0. The number of carbonyl (C=O) groups excluding carboxylic acids is 3. The molecule has 1 heterocycles. The third kappa shape index (κ3) is 3.89. The number of carbonyl (C=O) groups is 3. The summed E-state index contributed by atoms with van der Waals surface area (Å²) >= 11 is 0. The van der Waals surface area contributed by atoms with Crippen LogP contribution in [0.15, 0.2) is 0 Å². The van der Waals surface area contributed by atoms with Gasteiger partial charge in [0.15, 0.2) is 0 Å². The highest BCUT2D eigenvalue weighted by atomic mass is 16.2. The van der Waals surface area contributed by atoms with Crippen molar-refractivity contribution in [1.29, 1.82) is 0 Å². The Balaban J connectivity index is 2.16. The van der Waals surface area contributed by atoms with Gasteiger partial charge in [-0.1, -0.05) is 48.0 Å². The van der Waals surface area contributed by atoms with Crippen LogP contribution >= 0.6 is 0 Å². The first-order valence-electron chi connectivity index (χ1n) is 10.0. The number of rotatable bonds is 6. The smallest absolute Gasteiger partial charge is 0.325 e. The van der Waals surface area contributed by atoms with E-state index in [1.807, 2.05) is 13.8 Å². The van der Waals surface area contributed by atoms with E-state index in [1.165, 1.54) is 0 Å². The number of hydrogen-bond acceptors (Lipinski definition) is 3. The second kappa shape index (κ2) is 7.97. The molecule has 2 atom stereocenters. The molecule has 2 unspecified atom stereocenters. The van der Waals surface area contributed by atoms with Crippen LogP contribution in [0.25, 0.3) is 0 Å². The molecule has 6 nitrogen and oxygen atoms in total. The van der Waals surface area contributed by atoms with Gasteiger partial charge in [-0.2, -0.15) is 0 Å². The lowest BCUT2D eigenvalue weighted by atomic mass is 9.67. The lowest BCUT2D eigenvalue weighted by Gasteiger charge is -2.42. The minimum absolute atomic E-state index is 0.0882. The van der Waals surface area contributed by atoms with Crippen LogP contribution in [0.2, 0.25) is 0 Å². The van der Waals surface area contributed by atoms with Crippen molar-refractivity contribution in [2.24, 2.45) is 23.7 Å². The predicted molar refractivity (Wildman–Crippen MR) is 101 cm³/mol. The van der Waals surface area contributed by atoms with Gasteiger partial charge in [0.25, 0.3) is 5.91 Å². The highest BCUT2D eigenvalue weighted by molar-refractivity contribution is 6.09. The van der Waals surface area contributed by atoms with Crippen LogP contribution in [0.3, 0.4) is 0 Å². The third-order valence-electron chi connectivity index (χ3n) is 5.80. The van der Waals surface area contributed by atoms with Gasteiger partial charge >= 0.3 is 6.03 Å². The normalized spacial score (nSPS) is 29.0. The van der Waals surface area contributed by atoms with Gasteiger partial charge in [0.2, 0.25) is 5.91 Å². The number of nitrogens with zero attached hydrogens (tertiary/aromatic N) is 2. The van der Waals surface area contributed by atoms with E-state index >= 15 is 0 Å². The molecule has 1 saturated heterocycles. The molecule has 4 amide bonds. The maximum Gasteiger partial charge on any atom is 0.325 e. The molecule has 26 heavy (non-hydrogen) atoms. The van der Waals surface area contributed by atoms with Crippen molar-refractivity contribution in [3.8, 4) is 0 Å². The van der Waals surface area contributed by atoms with Crippen LogP contribution < -0.4 is 5.32 Å². The van der Waals surface area contributed by atoms with E-state index in [4.69, 9.17) is 0 Å². The van der Waals surface area contributed by atoms with Crippen molar-refractivity contribution in [2.45, 2.75) is 66.3 Å². The topological polar surface area (TPSA) is 69.7 Å². The number of urea groups is 1. The van der Waals surface area contributed by atoms with E-state index in [-0.39, 0.29) is 30.2 Å².